The molecule has 0 bridgehead atoms. The normalized spacial score (nSPS) is 23.3. The molecule has 0 aliphatic carbocycles. The molecular weight excluding hydrogens is 687 g/mol. The second-order valence-corrected chi connectivity index (χ2v) is 13.9. The maximum atomic E-state index is 12.6. The smallest absolute Gasteiger partial charge is 0.407 e. The van der Waals surface area contributed by atoms with E-state index in [1.165, 1.54) is 0 Å². The molecule has 1 aromatic rings. The number of ether oxygens (including phenoxy) is 5. The molecule has 268 valence electrons. The molecule has 0 radical (unpaired) electrons. The quantitative estimate of drug-likeness (QED) is 0.219. The third-order valence-electron chi connectivity index (χ3n) is 7.04. The van der Waals surface area contributed by atoms with Gasteiger partial charge >= 0.3 is 6.09 Å². The Kier molecular flexibility index (Phi) is 17.6. The Balaban J connectivity index is 0.000000927. The van der Waals surface area contributed by atoms with Gasteiger partial charge in [0.25, 0.3) is 0 Å². The van der Waals surface area contributed by atoms with Crippen LogP contribution in [0.4, 0.5) is 4.79 Å². The first kappa shape index (κ1) is 43.9. The van der Waals surface area contributed by atoms with Crippen LogP contribution in [-0.4, -0.2) is 80.1 Å². The van der Waals surface area contributed by atoms with Gasteiger partial charge in [-0.3, -0.25) is 9.59 Å². The number of hydrogen-bond donors (Lipinski definition) is 4. The number of hydrogen-bond acceptors (Lipinski definition) is 9. The van der Waals surface area contributed by atoms with Crippen LogP contribution in [0.5, 0.6) is 0 Å². The predicted octanol–water partition coefficient (Wildman–Crippen LogP) is 3.67. The van der Waals surface area contributed by atoms with E-state index in [1.807, 2.05) is 78.8 Å². The van der Waals surface area contributed by atoms with Gasteiger partial charge in [-0.05, 0) is 47.1 Å². The van der Waals surface area contributed by atoms with E-state index < -0.39 is 35.3 Å². The summed E-state index contributed by atoms with van der Waals surface area (Å²) in [7, 11) is 0. The predicted molar refractivity (Wildman–Crippen MR) is 173 cm³/mol. The Labute approximate surface area is 289 Å². The molecule has 2 fully saturated rings. The van der Waals surface area contributed by atoms with Crippen molar-refractivity contribution in [2.45, 2.75) is 112 Å². The fraction of sp³-hybridized carbons (Fsp3) is 0.697. The fourth-order valence-electron chi connectivity index (χ4n) is 4.36. The zero-order valence-electron chi connectivity index (χ0n) is 29.4. The molecule has 0 saturated carbocycles. The minimum Gasteiger partial charge on any atom is -0.445 e. The van der Waals surface area contributed by atoms with E-state index in [0.29, 0.717) is 19.8 Å². The Morgan fingerprint density at radius 3 is 1.70 bits per heavy atom. The summed E-state index contributed by atoms with van der Waals surface area (Å²) in [6.45, 7) is 20.5. The third kappa shape index (κ3) is 14.8. The molecule has 3 rings (SSSR count). The van der Waals surface area contributed by atoms with Gasteiger partial charge in [0.15, 0.2) is 11.6 Å². The summed E-state index contributed by atoms with van der Waals surface area (Å²) in [6, 6.07) is 9.09. The first-order valence-electron chi connectivity index (χ1n) is 15.1. The van der Waals surface area contributed by atoms with Crippen LogP contribution in [0.25, 0.3) is 0 Å². The molecule has 2 saturated heterocycles. The molecule has 13 heteroatoms. The third-order valence-corrected chi connectivity index (χ3v) is 7.04. The molecule has 46 heavy (non-hydrogen) atoms. The summed E-state index contributed by atoms with van der Waals surface area (Å²) in [5, 5.41) is 8.34. The molecule has 2 aliphatic rings. The van der Waals surface area contributed by atoms with E-state index in [-0.39, 0.29) is 70.3 Å². The number of benzene rings is 1. The van der Waals surface area contributed by atoms with E-state index in [2.05, 4.69) is 16.0 Å². The van der Waals surface area contributed by atoms with Crippen LogP contribution in [0.15, 0.2) is 30.3 Å². The average Bonchev–Trinajstić information content (AvgIpc) is 2.93. The summed E-state index contributed by atoms with van der Waals surface area (Å²) in [5.41, 5.74) is 5.75. The molecule has 4 atom stereocenters. The number of amides is 3. The van der Waals surface area contributed by atoms with Gasteiger partial charge in [-0.25, -0.2) is 4.79 Å². The van der Waals surface area contributed by atoms with E-state index >= 15 is 0 Å². The van der Waals surface area contributed by atoms with Crippen molar-refractivity contribution >= 4 is 17.9 Å². The van der Waals surface area contributed by atoms with Crippen molar-refractivity contribution in [2.75, 3.05) is 26.3 Å². The topological polar surface area (TPSA) is 159 Å². The van der Waals surface area contributed by atoms with Crippen LogP contribution in [0.1, 0.15) is 74.8 Å². The standard InChI is InChI=1S/C20H30N2O5.C12H24N2O3.CH3.Pd/c1-14(22-18(24)25-12-15-9-7-6-8-10-15)11-21-17(23)16-19(2,3)13-26-20(4,5)27-16;1-8(13)6-14-10(15)9-11(2,3)7-16-12(4,5)17-9;;/h6-10,14,16H,11-13H2,1-5H3,(H,21,23)(H,22,24);8-9H,6-7,13H2,1-5H3,(H,14,15);1H3;/q;;-1;/t14-,16-;8-,9-;;/m00../s1. The molecular formula is C33H57N4O8Pd-. The van der Waals surface area contributed by atoms with E-state index in [9.17, 15) is 14.4 Å². The number of rotatable bonds is 9. The number of carbonyl (C=O) groups is 3. The summed E-state index contributed by atoms with van der Waals surface area (Å²) < 4.78 is 27.9. The maximum absolute atomic E-state index is 12.6. The van der Waals surface area contributed by atoms with Gasteiger partial charge in [0.05, 0.1) is 13.2 Å². The Morgan fingerprint density at radius 1 is 0.826 bits per heavy atom. The van der Waals surface area contributed by atoms with Crippen molar-refractivity contribution in [2.24, 2.45) is 16.6 Å². The molecule has 0 unspecified atom stereocenters. The van der Waals surface area contributed by atoms with Gasteiger partial charge in [0, 0.05) is 56.4 Å². The van der Waals surface area contributed by atoms with Crippen LogP contribution >= 0.6 is 0 Å². The van der Waals surface area contributed by atoms with E-state index in [1.54, 1.807) is 20.8 Å². The largest absolute Gasteiger partial charge is 0.445 e. The summed E-state index contributed by atoms with van der Waals surface area (Å²) in [5.74, 6) is -1.86. The van der Waals surface area contributed by atoms with Crippen molar-refractivity contribution in [3.8, 4) is 0 Å². The maximum Gasteiger partial charge on any atom is 0.407 e. The van der Waals surface area contributed by atoms with Gasteiger partial charge in [-0.15, -0.1) is 0 Å². The van der Waals surface area contributed by atoms with Crippen LogP contribution in [0.3, 0.4) is 0 Å². The minimum absolute atomic E-state index is 0. The number of nitrogens with two attached hydrogens (primary N) is 1. The van der Waals surface area contributed by atoms with Gasteiger partial charge in [0.2, 0.25) is 11.8 Å². The van der Waals surface area contributed by atoms with Gasteiger partial charge in [-0.1, -0.05) is 58.0 Å². The van der Waals surface area contributed by atoms with Crippen LogP contribution in [0, 0.1) is 18.3 Å². The minimum atomic E-state index is -0.803. The van der Waals surface area contributed by atoms with Gasteiger partial charge in [0.1, 0.15) is 18.8 Å². The van der Waals surface area contributed by atoms with Crippen LogP contribution in [-0.2, 0) is 60.3 Å². The molecule has 5 N–H and O–H groups in total. The Hall–Kier alpha value is -2.11. The first-order chi connectivity index (χ1) is 20.2. The number of carbonyl (C=O) groups excluding carboxylic acids is 3. The van der Waals surface area contributed by atoms with Gasteiger partial charge < -0.3 is 52.8 Å². The van der Waals surface area contributed by atoms with Crippen molar-refractivity contribution in [1.29, 1.82) is 0 Å². The molecule has 0 aromatic heterocycles. The van der Waals surface area contributed by atoms with Crippen LogP contribution < -0.4 is 21.7 Å². The molecule has 2 heterocycles. The fourth-order valence-corrected chi connectivity index (χ4v) is 4.36. The number of alkyl carbamates (subject to hydrolysis) is 1. The Morgan fingerprint density at radius 2 is 1.26 bits per heavy atom. The van der Waals surface area contributed by atoms with Crippen molar-refractivity contribution < 1.29 is 58.5 Å². The van der Waals surface area contributed by atoms with Gasteiger partial charge in [-0.2, -0.15) is 0 Å². The van der Waals surface area contributed by atoms with E-state index in [4.69, 9.17) is 29.4 Å². The average molecular weight is 744 g/mol. The molecule has 1 aromatic carbocycles. The van der Waals surface area contributed by atoms with E-state index in [0.717, 1.165) is 5.56 Å². The molecule has 3 amide bonds. The SMILES string of the molecule is C[C@@H](CNC(=O)[C@@H]1OC(C)(C)OCC1(C)C)NC(=O)OCc1ccccc1.C[C@H](N)CNC(=O)[C@@H]1OC(C)(C)OCC1(C)C.[CH3-].[Pd]. The van der Waals surface area contributed by atoms with Crippen molar-refractivity contribution in [3.05, 3.63) is 43.3 Å². The summed E-state index contributed by atoms with van der Waals surface area (Å²) in [4.78, 5) is 36.5. The molecule has 0 spiro atoms. The summed E-state index contributed by atoms with van der Waals surface area (Å²) >= 11 is 0. The molecule has 2 aliphatic heterocycles. The van der Waals surface area contributed by atoms with Crippen molar-refractivity contribution in [1.82, 2.24) is 16.0 Å². The summed E-state index contributed by atoms with van der Waals surface area (Å²) in [6.07, 6.45) is -1.66. The second-order valence-electron chi connectivity index (χ2n) is 13.9. The zero-order valence-corrected chi connectivity index (χ0v) is 30.9. The second kappa shape index (κ2) is 18.4. The monoisotopic (exact) mass is 743 g/mol. The zero-order chi connectivity index (χ0) is 33.3. The first-order valence-corrected chi connectivity index (χ1v) is 15.1. The molecule has 12 nitrogen and oxygen atoms in total. The Bertz CT molecular complexity index is 1100. The van der Waals surface area contributed by atoms with Crippen LogP contribution in [0.2, 0.25) is 0 Å². The number of nitrogens with one attached hydrogen (secondary N) is 3. The van der Waals surface area contributed by atoms with Crippen molar-refractivity contribution in [3.63, 3.8) is 0 Å².